The first kappa shape index (κ1) is 19.1. The molecule has 0 aliphatic heterocycles. The standard InChI is InChI=1S/C19H19FN6O2/c1-5-12-6-11(8-21)7-13(20)16(12)26(3)18-10(2)14-15(23-9-22-14)17(24-18)25-19(27)28-4/h6-7,9H,5H2,1-4H3,(H,22,23)(H,24,25,27). The molecule has 2 heterocycles. The SMILES string of the molecule is CCc1cc(C#N)cc(F)c1N(C)c1nc(NC(=O)OC)c2[nH]cnc2c1C. The van der Waals surface area contributed by atoms with Gasteiger partial charge in [0.15, 0.2) is 5.82 Å². The minimum atomic E-state index is -0.681. The summed E-state index contributed by atoms with van der Waals surface area (Å²) in [7, 11) is 2.93. The summed E-state index contributed by atoms with van der Waals surface area (Å²) in [6.45, 7) is 3.70. The Kier molecular flexibility index (Phi) is 5.13. The lowest BCUT2D eigenvalue weighted by Gasteiger charge is -2.24. The maximum Gasteiger partial charge on any atom is 0.412 e. The zero-order valence-electron chi connectivity index (χ0n) is 15.9. The number of aromatic amines is 1. The number of amides is 1. The molecule has 3 rings (SSSR count). The van der Waals surface area contributed by atoms with Gasteiger partial charge in [0.1, 0.15) is 17.2 Å². The first-order valence-electron chi connectivity index (χ1n) is 8.56. The van der Waals surface area contributed by atoms with Crippen molar-refractivity contribution in [3.63, 3.8) is 0 Å². The third kappa shape index (κ3) is 3.20. The van der Waals surface area contributed by atoms with E-state index in [9.17, 15) is 9.18 Å². The molecule has 0 aliphatic rings. The zero-order chi connectivity index (χ0) is 20.4. The molecule has 0 spiro atoms. The number of aryl methyl sites for hydroxylation is 2. The number of hydrogen-bond acceptors (Lipinski definition) is 6. The van der Waals surface area contributed by atoms with E-state index >= 15 is 0 Å². The fourth-order valence-corrected chi connectivity index (χ4v) is 3.15. The van der Waals surface area contributed by atoms with Crippen molar-refractivity contribution in [2.45, 2.75) is 20.3 Å². The minimum absolute atomic E-state index is 0.221. The molecular weight excluding hydrogens is 363 g/mol. The van der Waals surface area contributed by atoms with Crippen LogP contribution in [-0.2, 0) is 11.2 Å². The molecule has 1 amide bonds. The van der Waals surface area contributed by atoms with E-state index in [1.807, 2.05) is 19.9 Å². The fraction of sp³-hybridized carbons (Fsp3) is 0.263. The molecule has 8 nitrogen and oxygen atoms in total. The number of benzene rings is 1. The van der Waals surface area contributed by atoms with E-state index in [-0.39, 0.29) is 11.4 Å². The fourth-order valence-electron chi connectivity index (χ4n) is 3.15. The predicted octanol–water partition coefficient (Wildman–Crippen LogP) is 3.79. The van der Waals surface area contributed by atoms with Crippen LogP contribution in [0.2, 0.25) is 0 Å². The zero-order valence-corrected chi connectivity index (χ0v) is 15.9. The number of methoxy groups -OCH3 is 1. The number of H-pyrrole nitrogens is 1. The van der Waals surface area contributed by atoms with Gasteiger partial charge in [-0.1, -0.05) is 6.92 Å². The Balaban J connectivity index is 2.20. The summed E-state index contributed by atoms with van der Waals surface area (Å²) in [5, 5.41) is 11.7. The lowest BCUT2D eigenvalue weighted by Crippen LogP contribution is -2.19. The van der Waals surface area contributed by atoms with Crippen molar-refractivity contribution in [1.82, 2.24) is 15.0 Å². The number of hydrogen-bond donors (Lipinski definition) is 2. The van der Waals surface area contributed by atoms with Gasteiger partial charge in [-0.3, -0.25) is 5.32 Å². The van der Waals surface area contributed by atoms with E-state index in [2.05, 4.69) is 25.0 Å². The average molecular weight is 382 g/mol. The second-order valence-corrected chi connectivity index (χ2v) is 6.14. The van der Waals surface area contributed by atoms with Gasteiger partial charge in [-0.15, -0.1) is 0 Å². The first-order chi connectivity index (χ1) is 13.4. The maximum atomic E-state index is 14.8. The van der Waals surface area contributed by atoms with Gasteiger partial charge in [-0.05, 0) is 31.0 Å². The number of nitriles is 1. The monoisotopic (exact) mass is 382 g/mol. The van der Waals surface area contributed by atoms with Crippen molar-refractivity contribution in [2.24, 2.45) is 0 Å². The van der Waals surface area contributed by atoms with E-state index < -0.39 is 11.9 Å². The summed E-state index contributed by atoms with van der Waals surface area (Å²) in [4.78, 5) is 25.0. The van der Waals surface area contributed by atoms with Gasteiger partial charge in [0.2, 0.25) is 0 Å². The summed E-state index contributed by atoms with van der Waals surface area (Å²) in [6.07, 6.45) is 1.34. The topological polar surface area (TPSA) is 107 Å². The van der Waals surface area contributed by atoms with Crippen LogP contribution < -0.4 is 10.2 Å². The van der Waals surface area contributed by atoms with Crippen LogP contribution in [0.15, 0.2) is 18.5 Å². The third-order valence-corrected chi connectivity index (χ3v) is 4.50. The van der Waals surface area contributed by atoms with E-state index in [0.717, 1.165) is 0 Å². The minimum Gasteiger partial charge on any atom is -0.453 e. The van der Waals surface area contributed by atoms with Crippen molar-refractivity contribution >= 4 is 34.4 Å². The number of ether oxygens (including phenoxy) is 1. The molecule has 0 radical (unpaired) electrons. The van der Waals surface area contributed by atoms with Crippen LogP contribution in [0.4, 0.5) is 26.5 Å². The molecule has 28 heavy (non-hydrogen) atoms. The Bertz CT molecular complexity index is 1100. The number of rotatable bonds is 4. The number of aromatic nitrogens is 3. The van der Waals surface area contributed by atoms with Gasteiger partial charge in [0.25, 0.3) is 0 Å². The first-order valence-corrected chi connectivity index (χ1v) is 8.56. The molecule has 0 bridgehead atoms. The van der Waals surface area contributed by atoms with E-state index in [1.54, 1.807) is 18.0 Å². The van der Waals surface area contributed by atoms with Gasteiger partial charge in [-0.25, -0.2) is 19.2 Å². The number of imidazole rings is 1. The lowest BCUT2D eigenvalue weighted by molar-refractivity contribution is 0.187. The van der Waals surface area contributed by atoms with Crippen LogP contribution in [0.3, 0.4) is 0 Å². The number of fused-ring (bicyclic) bond motifs is 1. The Hall–Kier alpha value is -3.67. The molecule has 0 atom stereocenters. The summed E-state index contributed by atoms with van der Waals surface area (Å²) in [5.74, 6) is 0.118. The molecule has 0 saturated heterocycles. The number of anilines is 3. The van der Waals surface area contributed by atoms with Gasteiger partial charge < -0.3 is 14.6 Å². The normalized spacial score (nSPS) is 10.6. The molecule has 9 heteroatoms. The van der Waals surface area contributed by atoms with E-state index in [0.29, 0.717) is 40.1 Å². The van der Waals surface area contributed by atoms with Crippen LogP contribution in [0, 0.1) is 24.1 Å². The quantitative estimate of drug-likeness (QED) is 0.711. The second-order valence-electron chi connectivity index (χ2n) is 6.14. The Labute approximate surface area is 161 Å². The maximum absolute atomic E-state index is 14.8. The molecule has 2 N–H and O–H groups in total. The summed E-state index contributed by atoms with van der Waals surface area (Å²) >= 11 is 0. The molecule has 2 aromatic heterocycles. The number of carbonyl (C=O) groups is 1. The lowest BCUT2D eigenvalue weighted by atomic mass is 10.0. The molecule has 1 aromatic carbocycles. The largest absolute Gasteiger partial charge is 0.453 e. The highest BCUT2D eigenvalue weighted by molar-refractivity contribution is 5.98. The van der Waals surface area contributed by atoms with Crippen LogP contribution in [0.25, 0.3) is 11.0 Å². The second kappa shape index (κ2) is 7.52. The highest BCUT2D eigenvalue weighted by Crippen LogP contribution is 2.35. The van der Waals surface area contributed by atoms with E-state index in [1.165, 1.54) is 19.5 Å². The van der Waals surface area contributed by atoms with Gasteiger partial charge in [0, 0.05) is 12.6 Å². The molecule has 0 aliphatic carbocycles. The summed E-state index contributed by atoms with van der Waals surface area (Å²) in [6, 6.07) is 4.82. The van der Waals surface area contributed by atoms with Crippen molar-refractivity contribution in [2.75, 3.05) is 24.4 Å². The van der Waals surface area contributed by atoms with Crippen molar-refractivity contribution in [3.05, 3.63) is 41.0 Å². The number of nitrogens with zero attached hydrogens (tertiary/aromatic N) is 4. The predicted molar refractivity (Wildman–Crippen MR) is 103 cm³/mol. The Morgan fingerprint density at radius 2 is 2.21 bits per heavy atom. The van der Waals surface area contributed by atoms with Gasteiger partial charge >= 0.3 is 6.09 Å². The van der Waals surface area contributed by atoms with Gasteiger partial charge in [-0.2, -0.15) is 5.26 Å². The molecule has 0 saturated carbocycles. The van der Waals surface area contributed by atoms with Crippen molar-refractivity contribution in [3.8, 4) is 6.07 Å². The molecule has 0 fully saturated rings. The molecule has 0 unspecified atom stereocenters. The number of nitrogens with one attached hydrogen (secondary N) is 2. The highest BCUT2D eigenvalue weighted by Gasteiger charge is 2.22. The van der Waals surface area contributed by atoms with E-state index in [4.69, 9.17) is 5.26 Å². The van der Waals surface area contributed by atoms with Crippen molar-refractivity contribution in [1.29, 1.82) is 5.26 Å². The van der Waals surface area contributed by atoms with Crippen LogP contribution >= 0.6 is 0 Å². The molecule has 144 valence electrons. The van der Waals surface area contributed by atoms with Crippen LogP contribution in [0.5, 0.6) is 0 Å². The summed E-state index contributed by atoms with van der Waals surface area (Å²) < 4.78 is 19.5. The van der Waals surface area contributed by atoms with Crippen LogP contribution in [0.1, 0.15) is 23.6 Å². The third-order valence-electron chi connectivity index (χ3n) is 4.50. The average Bonchev–Trinajstić information content (AvgIpc) is 3.19. The molecular formula is C19H19FN6O2. The van der Waals surface area contributed by atoms with Crippen molar-refractivity contribution < 1.29 is 13.9 Å². The number of halogens is 1. The number of carbonyl (C=O) groups excluding carboxylic acids is 1. The highest BCUT2D eigenvalue weighted by atomic mass is 19.1. The molecule has 3 aromatic rings. The Morgan fingerprint density at radius 1 is 1.46 bits per heavy atom. The van der Waals surface area contributed by atoms with Gasteiger partial charge in [0.05, 0.1) is 36.3 Å². The smallest absolute Gasteiger partial charge is 0.412 e. The Morgan fingerprint density at radius 3 is 2.86 bits per heavy atom. The number of pyridine rings is 1. The summed E-state index contributed by atoms with van der Waals surface area (Å²) in [5.41, 5.74) is 3.08. The van der Waals surface area contributed by atoms with Crippen LogP contribution in [-0.4, -0.2) is 35.2 Å².